The normalized spacial score (nSPS) is 14.6. The average molecular weight is 817 g/mol. The van der Waals surface area contributed by atoms with Crippen LogP contribution in [0, 0.1) is 13.8 Å². The molecule has 2 aliphatic carbocycles. The predicted octanol–water partition coefficient (Wildman–Crippen LogP) is 14.9. The van der Waals surface area contributed by atoms with Crippen LogP contribution in [0.25, 0.3) is 22.3 Å². The summed E-state index contributed by atoms with van der Waals surface area (Å²) < 4.78 is 0. The largest absolute Gasteiger partial charge is 0.310 e. The van der Waals surface area contributed by atoms with Crippen LogP contribution in [-0.2, 0) is 10.8 Å². The van der Waals surface area contributed by atoms with Gasteiger partial charge in [0.05, 0.1) is 16.1 Å². The standard InChI is InChI=1S/C56H60N2Si2/c1-37-31-43(57(39-19-15-13-16-20-39)41-23-27-45(28-24-41)59(7,8)9)33-51-53(37)47-35-50-48(36-49(47)55(51,3)4)54-38(2)32-44(34-52(54)56(50,5)6)58(40-21-17-14-18-22-40)42-25-29-46(30-26-42)60(10,11)12/h13-36H,1-12H3. The van der Waals surface area contributed by atoms with E-state index >= 15 is 0 Å². The zero-order chi connectivity index (χ0) is 42.5. The van der Waals surface area contributed by atoms with Crippen LogP contribution in [0.1, 0.15) is 61.1 Å². The maximum absolute atomic E-state index is 2.57. The second-order valence-electron chi connectivity index (χ2n) is 20.5. The SMILES string of the molecule is Cc1cc(N(c2ccccc2)c2ccc([Si](C)(C)C)cc2)cc2c1-c1cc3c(cc1C2(C)C)-c1c(C)cc(N(c2ccccc2)c2ccc([Si](C)(C)C)cc2)cc1C3(C)C. The third-order valence-electron chi connectivity index (χ3n) is 13.6. The average Bonchev–Trinajstić information content (AvgIpc) is 3.57. The third-order valence-corrected chi connectivity index (χ3v) is 17.7. The number of hydrogen-bond acceptors (Lipinski definition) is 2. The molecule has 9 rings (SSSR count). The Kier molecular flexibility index (Phi) is 9.38. The molecule has 0 amide bonds. The molecule has 0 unspecified atom stereocenters. The first-order valence-corrected chi connectivity index (χ1v) is 28.8. The van der Waals surface area contributed by atoms with E-state index in [0.29, 0.717) is 0 Å². The Bertz CT molecular complexity index is 2570. The highest BCUT2D eigenvalue weighted by Gasteiger charge is 2.43. The molecule has 0 fully saturated rings. The van der Waals surface area contributed by atoms with Crippen LogP contribution in [0.2, 0.25) is 39.3 Å². The molecule has 0 saturated carbocycles. The number of fused-ring (bicyclic) bond motifs is 6. The number of hydrogen-bond donors (Lipinski definition) is 0. The Morgan fingerprint density at radius 1 is 0.350 bits per heavy atom. The smallest absolute Gasteiger partial charge is 0.0775 e. The molecule has 0 spiro atoms. The van der Waals surface area contributed by atoms with Crippen LogP contribution >= 0.6 is 0 Å². The van der Waals surface area contributed by atoms with Crippen LogP contribution in [0.15, 0.2) is 146 Å². The molecule has 0 saturated heterocycles. The molecule has 7 aromatic carbocycles. The van der Waals surface area contributed by atoms with Crippen LogP contribution in [-0.4, -0.2) is 16.1 Å². The fraction of sp³-hybridized carbons (Fsp3) is 0.250. The van der Waals surface area contributed by atoms with Gasteiger partial charge in [-0.15, -0.1) is 0 Å². The van der Waals surface area contributed by atoms with E-state index in [9.17, 15) is 0 Å². The van der Waals surface area contributed by atoms with Gasteiger partial charge >= 0.3 is 0 Å². The molecular weight excluding hydrogens is 757 g/mol. The van der Waals surface area contributed by atoms with Crippen molar-refractivity contribution in [3.63, 3.8) is 0 Å². The zero-order valence-electron chi connectivity index (χ0n) is 37.8. The maximum atomic E-state index is 2.57. The summed E-state index contributed by atoms with van der Waals surface area (Å²) in [4.78, 5) is 4.89. The summed E-state index contributed by atoms with van der Waals surface area (Å²) in [5.41, 5.74) is 20.6. The number of aryl methyl sites for hydroxylation is 2. The van der Waals surface area contributed by atoms with Gasteiger partial charge in [-0.2, -0.15) is 0 Å². The Morgan fingerprint density at radius 3 is 0.983 bits per heavy atom. The molecule has 302 valence electrons. The van der Waals surface area contributed by atoms with Crippen LogP contribution in [0.3, 0.4) is 0 Å². The van der Waals surface area contributed by atoms with Crippen molar-refractivity contribution in [2.24, 2.45) is 0 Å². The number of rotatable bonds is 8. The lowest BCUT2D eigenvalue weighted by molar-refractivity contribution is 0.652. The quantitative estimate of drug-likeness (QED) is 0.141. The van der Waals surface area contributed by atoms with Crippen molar-refractivity contribution in [1.29, 1.82) is 0 Å². The summed E-state index contributed by atoms with van der Waals surface area (Å²) in [6, 6.07) is 55.4. The minimum atomic E-state index is -1.43. The summed E-state index contributed by atoms with van der Waals surface area (Å²) in [5, 5.41) is 2.95. The highest BCUT2D eigenvalue weighted by molar-refractivity contribution is 6.89. The second kappa shape index (κ2) is 14.1. The molecule has 0 radical (unpaired) electrons. The number of benzene rings is 7. The molecule has 2 aliphatic rings. The van der Waals surface area contributed by atoms with Crippen molar-refractivity contribution in [2.45, 2.75) is 91.7 Å². The summed E-state index contributed by atoms with van der Waals surface area (Å²) >= 11 is 0. The molecule has 7 aromatic rings. The summed E-state index contributed by atoms with van der Waals surface area (Å²) in [6.07, 6.45) is 0. The van der Waals surface area contributed by atoms with Crippen molar-refractivity contribution in [3.8, 4) is 22.3 Å². The van der Waals surface area contributed by atoms with Gasteiger partial charge in [-0.05, 0) is 154 Å². The van der Waals surface area contributed by atoms with E-state index in [1.165, 1.54) is 100 Å². The summed E-state index contributed by atoms with van der Waals surface area (Å²) in [7, 11) is -2.87. The Balaban J connectivity index is 1.15. The van der Waals surface area contributed by atoms with Crippen molar-refractivity contribution < 1.29 is 0 Å². The van der Waals surface area contributed by atoms with Crippen LogP contribution in [0.5, 0.6) is 0 Å². The van der Waals surface area contributed by atoms with Crippen molar-refractivity contribution >= 4 is 60.6 Å². The van der Waals surface area contributed by atoms with E-state index < -0.39 is 16.1 Å². The molecule has 0 N–H and O–H groups in total. The lowest BCUT2D eigenvalue weighted by Gasteiger charge is -2.29. The van der Waals surface area contributed by atoms with Crippen LogP contribution < -0.4 is 20.2 Å². The van der Waals surface area contributed by atoms with E-state index in [4.69, 9.17) is 0 Å². The van der Waals surface area contributed by atoms with Gasteiger partial charge in [-0.25, -0.2) is 0 Å². The molecule has 0 aromatic heterocycles. The molecule has 4 heteroatoms. The number of nitrogens with zero attached hydrogens (tertiary/aromatic N) is 2. The molecule has 0 atom stereocenters. The molecule has 2 nitrogen and oxygen atoms in total. The fourth-order valence-corrected chi connectivity index (χ4v) is 12.4. The van der Waals surface area contributed by atoms with Crippen molar-refractivity contribution in [3.05, 3.63) is 179 Å². The number of anilines is 6. The fourth-order valence-electron chi connectivity index (χ4n) is 10.1. The summed E-state index contributed by atoms with van der Waals surface area (Å²) in [5.74, 6) is 0. The van der Waals surface area contributed by atoms with Gasteiger partial charge in [0.2, 0.25) is 0 Å². The van der Waals surface area contributed by atoms with Gasteiger partial charge in [-0.1, -0.05) is 138 Å². The first kappa shape index (κ1) is 40.0. The van der Waals surface area contributed by atoms with E-state index in [0.717, 1.165) is 0 Å². The monoisotopic (exact) mass is 816 g/mol. The van der Waals surface area contributed by atoms with Gasteiger partial charge in [0.15, 0.2) is 0 Å². The highest BCUT2D eigenvalue weighted by Crippen LogP contribution is 2.59. The Morgan fingerprint density at radius 2 is 0.667 bits per heavy atom. The second-order valence-corrected chi connectivity index (χ2v) is 30.7. The van der Waals surface area contributed by atoms with Crippen LogP contribution in [0.4, 0.5) is 34.1 Å². The minimum Gasteiger partial charge on any atom is -0.310 e. The molecule has 0 heterocycles. The molecule has 60 heavy (non-hydrogen) atoms. The van der Waals surface area contributed by atoms with E-state index in [-0.39, 0.29) is 10.8 Å². The lowest BCUT2D eigenvalue weighted by atomic mass is 9.79. The first-order chi connectivity index (χ1) is 28.4. The van der Waals surface area contributed by atoms with E-state index in [1.807, 2.05) is 0 Å². The molecular formula is C56H60N2Si2. The van der Waals surface area contributed by atoms with Gasteiger partial charge < -0.3 is 9.80 Å². The zero-order valence-corrected chi connectivity index (χ0v) is 39.8. The Hall–Kier alpha value is -5.43. The highest BCUT2D eigenvalue weighted by atomic mass is 28.3. The number of para-hydroxylation sites is 2. The van der Waals surface area contributed by atoms with Crippen molar-refractivity contribution in [1.82, 2.24) is 0 Å². The van der Waals surface area contributed by atoms with E-state index in [2.05, 4.69) is 236 Å². The molecule has 0 bridgehead atoms. The van der Waals surface area contributed by atoms with Gasteiger partial charge in [0, 0.05) is 45.0 Å². The minimum absolute atomic E-state index is 0.183. The predicted molar refractivity (Wildman–Crippen MR) is 266 cm³/mol. The molecule has 0 aliphatic heterocycles. The topological polar surface area (TPSA) is 6.48 Å². The van der Waals surface area contributed by atoms with Crippen molar-refractivity contribution in [2.75, 3.05) is 9.80 Å². The summed E-state index contributed by atoms with van der Waals surface area (Å²) in [6.45, 7) is 28.9. The first-order valence-electron chi connectivity index (χ1n) is 21.8. The maximum Gasteiger partial charge on any atom is 0.0775 e. The third kappa shape index (κ3) is 6.51. The van der Waals surface area contributed by atoms with E-state index in [1.54, 1.807) is 0 Å². The van der Waals surface area contributed by atoms with Gasteiger partial charge in [0.1, 0.15) is 0 Å². The van der Waals surface area contributed by atoms with Gasteiger partial charge in [0.25, 0.3) is 0 Å². The Labute approximate surface area is 361 Å². The lowest BCUT2D eigenvalue weighted by Crippen LogP contribution is -2.37. The van der Waals surface area contributed by atoms with Gasteiger partial charge in [-0.3, -0.25) is 0 Å².